The van der Waals surface area contributed by atoms with Crippen molar-refractivity contribution in [1.82, 2.24) is 30.8 Å². The van der Waals surface area contributed by atoms with Gasteiger partial charge in [-0.25, -0.2) is 10.9 Å². The van der Waals surface area contributed by atoms with E-state index < -0.39 is 11.8 Å². The zero-order valence-corrected chi connectivity index (χ0v) is 17.7. The molecular formula is C24H18N8O2. The van der Waals surface area contributed by atoms with Gasteiger partial charge < -0.3 is 0 Å². The number of nitrogens with zero attached hydrogens (tertiary/aromatic N) is 6. The normalized spacial score (nSPS) is 10.0. The van der Waals surface area contributed by atoms with E-state index in [1.807, 2.05) is 0 Å². The van der Waals surface area contributed by atoms with Crippen molar-refractivity contribution in [2.75, 3.05) is 0 Å². The van der Waals surface area contributed by atoms with Gasteiger partial charge in [-0.15, -0.1) is 0 Å². The maximum absolute atomic E-state index is 12.4. The molecule has 0 atom stereocenters. The Kier molecular flexibility index (Phi) is 7.12. The zero-order valence-electron chi connectivity index (χ0n) is 17.7. The Bertz CT molecular complexity index is 1120. The molecule has 4 rings (SSSR count). The minimum atomic E-state index is -1.02. The highest BCUT2D eigenvalue weighted by atomic mass is 16.2. The van der Waals surface area contributed by atoms with Crippen molar-refractivity contribution in [3.05, 3.63) is 120 Å². The lowest BCUT2D eigenvalue weighted by Gasteiger charge is -2.07. The van der Waals surface area contributed by atoms with Crippen molar-refractivity contribution < 1.29 is 9.59 Å². The van der Waals surface area contributed by atoms with Crippen LogP contribution < -0.4 is 10.9 Å². The molecule has 4 heterocycles. The molecule has 2 N–H and O–H groups in total. The summed E-state index contributed by atoms with van der Waals surface area (Å²) in [4.78, 5) is 41.8. The molecule has 10 heteroatoms. The number of aromatic nitrogens is 4. The maximum atomic E-state index is 12.4. The van der Waals surface area contributed by atoms with Crippen molar-refractivity contribution in [2.24, 2.45) is 10.2 Å². The van der Waals surface area contributed by atoms with Gasteiger partial charge in [0.2, 0.25) is 0 Å². The quantitative estimate of drug-likeness (QED) is 0.261. The number of hydrogen-bond acceptors (Lipinski definition) is 8. The van der Waals surface area contributed by atoms with Gasteiger partial charge >= 0.3 is 11.8 Å². The van der Waals surface area contributed by atoms with Crippen molar-refractivity contribution in [3.8, 4) is 0 Å². The van der Waals surface area contributed by atoms with E-state index >= 15 is 0 Å². The number of nitrogens with one attached hydrogen (secondary N) is 2. The standard InChI is InChI=1S/C24H18N8O2/c33-23(31-29-21(17-9-1-5-13-25-17)18-10-2-6-14-26-18)24(34)32-30-22(19-11-3-7-15-27-19)20-12-4-8-16-28-20/h1-16H,(H,31,33)(H,32,34). The first-order chi connectivity index (χ1) is 16.7. The molecule has 0 radical (unpaired) electrons. The van der Waals surface area contributed by atoms with Gasteiger partial charge in [-0.2, -0.15) is 10.2 Å². The Balaban J connectivity index is 1.54. The maximum Gasteiger partial charge on any atom is 0.331 e. The van der Waals surface area contributed by atoms with E-state index in [9.17, 15) is 9.59 Å². The predicted octanol–water partition coefficient (Wildman–Crippen LogP) is 1.70. The highest BCUT2D eigenvalue weighted by molar-refractivity contribution is 6.35. The number of rotatable bonds is 6. The first-order valence-electron chi connectivity index (χ1n) is 10.1. The molecule has 4 aromatic heterocycles. The smallest absolute Gasteiger partial charge is 0.262 e. The topological polar surface area (TPSA) is 134 Å². The molecular weight excluding hydrogens is 432 g/mol. The molecule has 0 aliphatic heterocycles. The van der Waals surface area contributed by atoms with E-state index in [2.05, 4.69) is 41.0 Å². The molecule has 0 saturated heterocycles. The summed E-state index contributed by atoms with van der Waals surface area (Å²) in [6, 6.07) is 21.0. The van der Waals surface area contributed by atoms with Gasteiger partial charge in [0.05, 0.1) is 22.8 Å². The molecule has 0 aliphatic rings. The second kappa shape index (κ2) is 11.0. The van der Waals surface area contributed by atoms with Gasteiger partial charge in [0.25, 0.3) is 0 Å². The highest BCUT2D eigenvalue weighted by Crippen LogP contribution is 2.07. The minimum absolute atomic E-state index is 0.300. The first kappa shape index (κ1) is 22.1. The van der Waals surface area contributed by atoms with Gasteiger partial charge in [-0.05, 0) is 48.5 Å². The third kappa shape index (κ3) is 5.56. The van der Waals surface area contributed by atoms with Crippen LogP contribution in [0.5, 0.6) is 0 Å². The Hall–Kier alpha value is -5.12. The minimum Gasteiger partial charge on any atom is -0.262 e. The molecule has 0 aliphatic carbocycles. The number of hydrazone groups is 2. The molecule has 0 fully saturated rings. The van der Waals surface area contributed by atoms with E-state index in [4.69, 9.17) is 0 Å². The summed E-state index contributed by atoms with van der Waals surface area (Å²) >= 11 is 0. The molecule has 0 saturated carbocycles. The van der Waals surface area contributed by atoms with Crippen LogP contribution >= 0.6 is 0 Å². The van der Waals surface area contributed by atoms with Crippen LogP contribution in [0.15, 0.2) is 108 Å². The number of pyridine rings is 4. The van der Waals surface area contributed by atoms with Crippen molar-refractivity contribution in [3.63, 3.8) is 0 Å². The Morgan fingerprint density at radius 3 is 1.03 bits per heavy atom. The molecule has 10 nitrogen and oxygen atoms in total. The van der Waals surface area contributed by atoms with E-state index in [1.165, 1.54) is 0 Å². The van der Waals surface area contributed by atoms with Crippen LogP contribution in [-0.4, -0.2) is 43.2 Å². The molecule has 34 heavy (non-hydrogen) atoms. The van der Waals surface area contributed by atoms with Crippen molar-refractivity contribution >= 4 is 23.2 Å². The Morgan fingerprint density at radius 1 is 0.500 bits per heavy atom. The highest BCUT2D eigenvalue weighted by Gasteiger charge is 2.17. The van der Waals surface area contributed by atoms with Crippen LogP contribution in [0.2, 0.25) is 0 Å². The van der Waals surface area contributed by atoms with Crippen LogP contribution in [0.1, 0.15) is 22.8 Å². The van der Waals surface area contributed by atoms with Gasteiger partial charge in [-0.3, -0.25) is 29.5 Å². The summed E-state index contributed by atoms with van der Waals surface area (Å²) in [5.74, 6) is -2.04. The summed E-state index contributed by atoms with van der Waals surface area (Å²) in [7, 11) is 0. The number of amides is 2. The van der Waals surface area contributed by atoms with Gasteiger partial charge in [-0.1, -0.05) is 24.3 Å². The predicted molar refractivity (Wildman–Crippen MR) is 125 cm³/mol. The van der Waals surface area contributed by atoms with Crippen LogP contribution in [0, 0.1) is 0 Å². The molecule has 4 aromatic rings. The summed E-state index contributed by atoms with van der Waals surface area (Å²) in [6.45, 7) is 0. The molecule has 2 amide bonds. The number of carbonyl (C=O) groups is 2. The number of hydrogen-bond donors (Lipinski definition) is 2. The van der Waals surface area contributed by atoms with E-state index in [0.29, 0.717) is 34.2 Å². The molecule has 0 bridgehead atoms. The fourth-order valence-corrected chi connectivity index (χ4v) is 2.82. The number of carbonyl (C=O) groups excluding carboxylic acids is 2. The Morgan fingerprint density at radius 2 is 0.794 bits per heavy atom. The van der Waals surface area contributed by atoms with Gasteiger partial charge in [0.15, 0.2) is 0 Å². The fraction of sp³-hybridized carbons (Fsp3) is 0. The van der Waals surface area contributed by atoms with Crippen molar-refractivity contribution in [1.29, 1.82) is 0 Å². The largest absolute Gasteiger partial charge is 0.331 e. The third-order valence-corrected chi connectivity index (χ3v) is 4.37. The summed E-state index contributed by atoms with van der Waals surface area (Å²) in [6.07, 6.45) is 6.36. The van der Waals surface area contributed by atoms with Crippen molar-refractivity contribution in [2.45, 2.75) is 0 Å². The second-order valence-electron chi connectivity index (χ2n) is 6.66. The lowest BCUT2D eigenvalue weighted by atomic mass is 10.1. The van der Waals surface area contributed by atoms with E-state index in [-0.39, 0.29) is 0 Å². The summed E-state index contributed by atoms with van der Waals surface area (Å²) < 4.78 is 0. The lowest BCUT2D eigenvalue weighted by Crippen LogP contribution is -2.36. The van der Waals surface area contributed by atoms with Crippen LogP contribution in [-0.2, 0) is 9.59 Å². The zero-order chi connectivity index (χ0) is 23.6. The average Bonchev–Trinajstić information content (AvgIpc) is 2.91. The van der Waals surface area contributed by atoms with Gasteiger partial charge in [0.1, 0.15) is 11.4 Å². The second-order valence-corrected chi connectivity index (χ2v) is 6.66. The van der Waals surface area contributed by atoms with Gasteiger partial charge in [0, 0.05) is 24.8 Å². The molecule has 0 aromatic carbocycles. The third-order valence-electron chi connectivity index (χ3n) is 4.37. The SMILES string of the molecule is O=C(NN=C(c1ccccn1)c1ccccn1)C(=O)NN=C(c1ccccn1)c1ccccn1. The van der Waals surface area contributed by atoms with Crippen LogP contribution in [0.3, 0.4) is 0 Å². The van der Waals surface area contributed by atoms with E-state index in [1.54, 1.807) is 97.6 Å². The average molecular weight is 450 g/mol. The van der Waals surface area contributed by atoms with Crippen LogP contribution in [0.25, 0.3) is 0 Å². The molecule has 0 spiro atoms. The molecule has 166 valence electrons. The Labute approximate surface area is 194 Å². The fourth-order valence-electron chi connectivity index (χ4n) is 2.82. The summed E-state index contributed by atoms with van der Waals surface area (Å²) in [5.41, 5.74) is 6.99. The first-order valence-corrected chi connectivity index (χ1v) is 10.1. The van der Waals surface area contributed by atoms with Crippen LogP contribution in [0.4, 0.5) is 0 Å². The molecule has 0 unspecified atom stereocenters. The summed E-state index contributed by atoms with van der Waals surface area (Å²) in [5, 5.41) is 8.17. The van der Waals surface area contributed by atoms with E-state index in [0.717, 1.165) is 0 Å². The monoisotopic (exact) mass is 450 g/mol. The lowest BCUT2D eigenvalue weighted by molar-refractivity contribution is -0.139.